The molecule has 1 unspecified atom stereocenters. The van der Waals surface area contributed by atoms with Gasteiger partial charge in [-0.3, -0.25) is 4.79 Å². The highest BCUT2D eigenvalue weighted by Gasteiger charge is 2.25. The molecule has 0 bridgehead atoms. The van der Waals surface area contributed by atoms with E-state index in [9.17, 15) is 4.79 Å². The number of benzene rings is 2. The largest absolute Gasteiger partial charge is 0.496 e. The van der Waals surface area contributed by atoms with Gasteiger partial charge in [0, 0.05) is 11.8 Å². The van der Waals surface area contributed by atoms with Gasteiger partial charge in [-0.15, -0.1) is 0 Å². The molecule has 0 aliphatic rings. The Bertz CT molecular complexity index is 727. The zero-order valence-corrected chi connectivity index (χ0v) is 14.5. The minimum absolute atomic E-state index is 0.157. The molecule has 0 amide bonds. The Morgan fingerprint density at radius 2 is 1.83 bits per heavy atom. The molecule has 128 valence electrons. The summed E-state index contributed by atoms with van der Waals surface area (Å²) in [5.41, 5.74) is 7.69. The number of rotatable bonds is 7. The predicted molar refractivity (Wildman–Crippen MR) is 94.2 cm³/mol. The van der Waals surface area contributed by atoms with Crippen molar-refractivity contribution in [1.29, 1.82) is 0 Å². The molecule has 2 aromatic rings. The van der Waals surface area contributed by atoms with Crippen molar-refractivity contribution in [1.82, 2.24) is 0 Å². The first-order valence-corrected chi connectivity index (χ1v) is 7.79. The van der Waals surface area contributed by atoms with Crippen LogP contribution in [0.5, 0.6) is 17.2 Å². The lowest BCUT2D eigenvalue weighted by Gasteiger charge is -2.19. The van der Waals surface area contributed by atoms with E-state index in [-0.39, 0.29) is 5.78 Å². The summed E-state index contributed by atoms with van der Waals surface area (Å²) in [6, 6.07) is 10.5. The van der Waals surface area contributed by atoms with E-state index in [1.807, 2.05) is 13.8 Å². The Morgan fingerprint density at radius 1 is 1.12 bits per heavy atom. The lowest BCUT2D eigenvalue weighted by molar-refractivity contribution is 0.0783. The van der Waals surface area contributed by atoms with Crippen LogP contribution in [0.1, 0.15) is 29.3 Å². The average Bonchev–Trinajstić information content (AvgIpc) is 2.58. The Kier molecular flexibility index (Phi) is 5.68. The van der Waals surface area contributed by atoms with E-state index in [1.54, 1.807) is 43.5 Å². The molecular weight excluding hydrogens is 306 g/mol. The number of anilines is 1. The van der Waals surface area contributed by atoms with Gasteiger partial charge in [-0.05, 0) is 43.2 Å². The molecule has 0 aliphatic heterocycles. The van der Waals surface area contributed by atoms with Gasteiger partial charge >= 0.3 is 0 Å². The summed E-state index contributed by atoms with van der Waals surface area (Å²) in [7, 11) is 3.11. The Balaban J connectivity index is 2.34. The fraction of sp³-hybridized carbons (Fsp3) is 0.316. The summed E-state index contributed by atoms with van der Waals surface area (Å²) in [6.07, 6.45) is -0.111. The van der Waals surface area contributed by atoms with Crippen molar-refractivity contribution in [2.75, 3.05) is 20.0 Å². The van der Waals surface area contributed by atoms with Gasteiger partial charge < -0.3 is 19.9 Å². The number of nitrogen functional groups attached to an aromatic ring is 1. The molecule has 0 saturated carbocycles. The molecular formula is C19H23NO4. The first-order chi connectivity index (χ1) is 11.5. The van der Waals surface area contributed by atoms with E-state index in [2.05, 4.69) is 0 Å². The monoisotopic (exact) mass is 329 g/mol. The fourth-order valence-electron chi connectivity index (χ4n) is 2.49. The number of carbonyl (C=O) groups is 1. The first-order valence-electron chi connectivity index (χ1n) is 7.79. The van der Waals surface area contributed by atoms with Crippen molar-refractivity contribution in [3.63, 3.8) is 0 Å². The van der Waals surface area contributed by atoms with Crippen LogP contribution in [0.25, 0.3) is 0 Å². The summed E-state index contributed by atoms with van der Waals surface area (Å²) in [4.78, 5) is 12.9. The number of aryl methyl sites for hydroxylation is 1. The van der Waals surface area contributed by atoms with Crippen LogP contribution in [0.15, 0.2) is 36.4 Å². The molecule has 2 rings (SSSR count). The number of hydrogen-bond donors (Lipinski definition) is 1. The van der Waals surface area contributed by atoms with Gasteiger partial charge in [-0.2, -0.15) is 0 Å². The molecule has 2 N–H and O–H groups in total. The van der Waals surface area contributed by atoms with Crippen molar-refractivity contribution in [3.8, 4) is 17.2 Å². The quantitative estimate of drug-likeness (QED) is 0.620. The number of methoxy groups -OCH3 is 2. The van der Waals surface area contributed by atoms with E-state index in [0.29, 0.717) is 34.9 Å². The standard InChI is InChI=1S/C19H23NO4/c1-5-16(24-14-8-6-7-13(20)10-14)19(21)15-11-17(22-3)12(2)9-18(15)23-4/h6-11,16H,5,20H2,1-4H3. The molecule has 1 atom stereocenters. The van der Waals surface area contributed by atoms with Crippen molar-refractivity contribution >= 4 is 11.5 Å². The van der Waals surface area contributed by atoms with Crippen LogP contribution in [0.4, 0.5) is 5.69 Å². The summed E-state index contributed by atoms with van der Waals surface area (Å²) < 4.78 is 16.5. The third-order valence-corrected chi connectivity index (χ3v) is 3.78. The van der Waals surface area contributed by atoms with Crippen LogP contribution < -0.4 is 19.9 Å². The highest BCUT2D eigenvalue weighted by Crippen LogP contribution is 2.30. The van der Waals surface area contributed by atoms with Crippen molar-refractivity contribution < 1.29 is 19.0 Å². The highest BCUT2D eigenvalue weighted by molar-refractivity contribution is 6.02. The van der Waals surface area contributed by atoms with Gasteiger partial charge in [-0.1, -0.05) is 13.0 Å². The smallest absolute Gasteiger partial charge is 0.207 e. The van der Waals surface area contributed by atoms with E-state index in [0.717, 1.165) is 5.56 Å². The van der Waals surface area contributed by atoms with Crippen LogP contribution in [0.2, 0.25) is 0 Å². The Labute approximate surface area is 142 Å². The molecule has 0 spiro atoms. The Hall–Kier alpha value is -2.69. The lowest BCUT2D eigenvalue weighted by Crippen LogP contribution is -2.27. The van der Waals surface area contributed by atoms with E-state index in [1.165, 1.54) is 7.11 Å². The average molecular weight is 329 g/mol. The van der Waals surface area contributed by atoms with E-state index >= 15 is 0 Å². The zero-order chi connectivity index (χ0) is 17.7. The van der Waals surface area contributed by atoms with Gasteiger partial charge in [0.2, 0.25) is 5.78 Å². The van der Waals surface area contributed by atoms with Gasteiger partial charge in [0.25, 0.3) is 0 Å². The molecule has 0 fully saturated rings. The third kappa shape index (κ3) is 3.79. The molecule has 0 heterocycles. The topological polar surface area (TPSA) is 70.8 Å². The molecule has 0 aliphatic carbocycles. The number of ether oxygens (including phenoxy) is 3. The summed E-state index contributed by atoms with van der Waals surface area (Å²) in [5.74, 6) is 1.55. The number of carbonyl (C=O) groups excluding carboxylic acids is 1. The SMILES string of the molecule is CCC(Oc1cccc(N)c1)C(=O)c1cc(OC)c(C)cc1OC. The normalized spacial score (nSPS) is 11.7. The van der Waals surface area contributed by atoms with Gasteiger partial charge in [0.05, 0.1) is 19.8 Å². The molecule has 24 heavy (non-hydrogen) atoms. The summed E-state index contributed by atoms with van der Waals surface area (Å²) in [5, 5.41) is 0. The van der Waals surface area contributed by atoms with Crippen molar-refractivity contribution in [2.45, 2.75) is 26.4 Å². The number of hydrogen-bond acceptors (Lipinski definition) is 5. The van der Waals surface area contributed by atoms with Crippen LogP contribution in [0, 0.1) is 6.92 Å². The van der Waals surface area contributed by atoms with Crippen LogP contribution >= 0.6 is 0 Å². The van der Waals surface area contributed by atoms with Crippen LogP contribution in [0.3, 0.4) is 0 Å². The summed E-state index contributed by atoms with van der Waals surface area (Å²) in [6.45, 7) is 3.79. The van der Waals surface area contributed by atoms with E-state index in [4.69, 9.17) is 19.9 Å². The maximum Gasteiger partial charge on any atom is 0.207 e. The zero-order valence-electron chi connectivity index (χ0n) is 14.5. The maximum absolute atomic E-state index is 12.9. The van der Waals surface area contributed by atoms with E-state index < -0.39 is 6.10 Å². The second-order valence-electron chi connectivity index (χ2n) is 5.47. The molecule has 5 nitrogen and oxygen atoms in total. The molecule has 0 saturated heterocycles. The van der Waals surface area contributed by atoms with Crippen molar-refractivity contribution in [2.24, 2.45) is 0 Å². The van der Waals surface area contributed by atoms with Gasteiger partial charge in [0.1, 0.15) is 17.2 Å². The molecule has 5 heteroatoms. The Morgan fingerprint density at radius 3 is 2.42 bits per heavy atom. The summed E-state index contributed by atoms with van der Waals surface area (Å²) >= 11 is 0. The van der Waals surface area contributed by atoms with Gasteiger partial charge in [0.15, 0.2) is 6.10 Å². The predicted octanol–water partition coefficient (Wildman–Crippen LogP) is 3.63. The van der Waals surface area contributed by atoms with Gasteiger partial charge in [-0.25, -0.2) is 0 Å². The number of ketones is 1. The minimum Gasteiger partial charge on any atom is -0.496 e. The number of Topliss-reactive ketones (excluding diaryl/α,β-unsaturated/α-hetero) is 1. The van der Waals surface area contributed by atoms with Crippen LogP contribution in [-0.2, 0) is 0 Å². The minimum atomic E-state index is -0.631. The van der Waals surface area contributed by atoms with Crippen LogP contribution in [-0.4, -0.2) is 26.1 Å². The molecule has 0 aromatic heterocycles. The second-order valence-corrected chi connectivity index (χ2v) is 5.47. The molecule has 2 aromatic carbocycles. The lowest BCUT2D eigenvalue weighted by atomic mass is 10.0. The number of nitrogens with two attached hydrogens (primary N) is 1. The molecule has 0 radical (unpaired) electrons. The highest BCUT2D eigenvalue weighted by atomic mass is 16.5. The first kappa shape index (κ1) is 17.7. The maximum atomic E-state index is 12.9. The fourth-order valence-corrected chi connectivity index (χ4v) is 2.49. The second kappa shape index (κ2) is 7.73. The third-order valence-electron chi connectivity index (χ3n) is 3.78. The van der Waals surface area contributed by atoms with Crippen molar-refractivity contribution in [3.05, 3.63) is 47.5 Å².